The summed E-state index contributed by atoms with van der Waals surface area (Å²) in [5.74, 6) is 2.17. The molecule has 0 unspecified atom stereocenters. The molecule has 0 aliphatic rings. The average Bonchev–Trinajstić information content (AvgIpc) is 3.68. The maximum Gasteiger partial charge on any atom is 0.294 e. The summed E-state index contributed by atoms with van der Waals surface area (Å²) < 4.78 is 107. The van der Waals surface area contributed by atoms with Crippen molar-refractivity contribution in [3.63, 3.8) is 0 Å². The summed E-state index contributed by atoms with van der Waals surface area (Å²) in [6.45, 7) is 4.64. The number of sulfone groups is 1. The summed E-state index contributed by atoms with van der Waals surface area (Å²) >= 11 is 6.47. The minimum Gasteiger partial charge on any atom is -0.487 e. The molecule has 0 saturated heterocycles. The molecule has 7 aromatic rings. The number of nitrogens with one attached hydrogen (secondary N) is 2. The lowest BCUT2D eigenvalue weighted by atomic mass is 10.1. The van der Waals surface area contributed by atoms with Gasteiger partial charge in [0.2, 0.25) is 0 Å². The van der Waals surface area contributed by atoms with Gasteiger partial charge in [0.15, 0.2) is 0 Å². The largest absolute Gasteiger partial charge is 0.487 e. The van der Waals surface area contributed by atoms with Crippen LogP contribution in [0.4, 0.5) is 15.9 Å². The second kappa shape index (κ2) is 23.2. The average molecular weight is 962 g/mol. The van der Waals surface area contributed by atoms with Crippen LogP contribution >= 0.6 is 11.6 Å². The van der Waals surface area contributed by atoms with E-state index in [4.69, 9.17) is 29.9 Å². The molecule has 2 heterocycles. The van der Waals surface area contributed by atoms with Crippen molar-refractivity contribution < 1.29 is 58.9 Å². The Hall–Kier alpha value is -5.81. The van der Waals surface area contributed by atoms with Crippen LogP contribution in [-0.2, 0) is 43.2 Å². The second-order valence-corrected chi connectivity index (χ2v) is 19.3. The number of anilines is 2. The van der Waals surface area contributed by atoms with Crippen molar-refractivity contribution in [2.75, 3.05) is 23.9 Å². The van der Waals surface area contributed by atoms with Crippen LogP contribution in [0.15, 0.2) is 142 Å². The maximum atomic E-state index is 13.4. The van der Waals surface area contributed by atoms with E-state index in [9.17, 15) is 29.6 Å². The zero-order valence-corrected chi connectivity index (χ0v) is 37.7. The van der Waals surface area contributed by atoms with Crippen molar-refractivity contribution in [3.05, 3.63) is 161 Å². The zero-order chi connectivity index (χ0) is 45.1. The van der Waals surface area contributed by atoms with Crippen LogP contribution in [0.5, 0.6) is 5.75 Å². The molecule has 2 aromatic heterocycles. The highest BCUT2D eigenvalue weighted by molar-refractivity contribution is 7.90. The number of aryl methyl sites for hydroxylation is 2. The molecule has 0 saturated carbocycles. The normalized spacial score (nSPS) is 11.2. The standard InChI is InChI=1S/C29H26ClFN4O4S.2C7H8O3S.2H2O/c1-40(36,37)12-11-32-16-23-7-10-27(39-23)20-5-8-26-24(14-20)29(34-18-33-26)35-22-6-9-28(25(30)15-22)38-17-19-3-2-4-21(31)13-19;2*1-6-2-4-7(5-3-6)11(8,9)10;;/h2-10,13-15,18,32H,11-12,16-17H2,1H3,(H,33,34,35);2*2-5H,1H3,(H,8,9,10);2*1H2. The molecule has 8 N–H and O–H groups in total. The summed E-state index contributed by atoms with van der Waals surface area (Å²) in [4.78, 5) is 8.66. The molecule has 16 nitrogen and oxygen atoms in total. The van der Waals surface area contributed by atoms with E-state index >= 15 is 0 Å². The Labute approximate surface area is 375 Å². The Morgan fingerprint density at radius 3 is 1.94 bits per heavy atom. The number of hydrogen-bond acceptors (Lipinski definition) is 12. The molecular weight excluding hydrogens is 915 g/mol. The van der Waals surface area contributed by atoms with Crippen molar-refractivity contribution >= 4 is 64.1 Å². The number of nitrogens with zero attached hydrogens (tertiary/aromatic N) is 2. The quantitative estimate of drug-likeness (QED) is 0.0671. The molecular formula is C43H46ClFN4O12S3. The summed E-state index contributed by atoms with van der Waals surface area (Å²) in [5, 5.41) is 7.56. The van der Waals surface area contributed by atoms with E-state index in [0.717, 1.165) is 27.6 Å². The van der Waals surface area contributed by atoms with Gasteiger partial charge in [0.05, 0.1) is 32.6 Å². The zero-order valence-electron chi connectivity index (χ0n) is 34.5. The molecule has 21 heteroatoms. The van der Waals surface area contributed by atoms with E-state index in [1.807, 2.05) is 50.2 Å². The third kappa shape index (κ3) is 16.4. The third-order valence-corrected chi connectivity index (χ3v) is 11.6. The van der Waals surface area contributed by atoms with Gasteiger partial charge in [0.25, 0.3) is 20.2 Å². The highest BCUT2D eigenvalue weighted by Gasteiger charge is 2.12. The van der Waals surface area contributed by atoms with Gasteiger partial charge in [-0.3, -0.25) is 9.11 Å². The number of fused-ring (bicyclic) bond motifs is 1. The number of ether oxygens (including phenoxy) is 1. The van der Waals surface area contributed by atoms with Gasteiger partial charge in [-0.15, -0.1) is 0 Å². The topological polar surface area (TPSA) is 278 Å². The lowest BCUT2D eigenvalue weighted by Crippen LogP contribution is -2.21. The van der Waals surface area contributed by atoms with Crippen molar-refractivity contribution in [1.29, 1.82) is 0 Å². The van der Waals surface area contributed by atoms with Gasteiger partial charge in [0, 0.05) is 29.4 Å². The van der Waals surface area contributed by atoms with Gasteiger partial charge in [0.1, 0.15) is 51.7 Å². The Morgan fingerprint density at radius 1 is 0.750 bits per heavy atom. The molecule has 0 fully saturated rings. The van der Waals surface area contributed by atoms with Gasteiger partial charge in [-0.1, -0.05) is 59.1 Å². The van der Waals surface area contributed by atoms with E-state index in [1.165, 1.54) is 49.0 Å². The predicted octanol–water partition coefficient (Wildman–Crippen LogP) is 6.97. The van der Waals surface area contributed by atoms with Crippen molar-refractivity contribution in [2.24, 2.45) is 0 Å². The lowest BCUT2D eigenvalue weighted by Gasteiger charge is -2.12. The highest BCUT2D eigenvalue weighted by atomic mass is 35.5. The van der Waals surface area contributed by atoms with Crippen LogP contribution in [0.1, 0.15) is 22.5 Å². The van der Waals surface area contributed by atoms with Gasteiger partial charge < -0.3 is 30.7 Å². The van der Waals surface area contributed by atoms with Gasteiger partial charge in [-0.2, -0.15) is 16.8 Å². The van der Waals surface area contributed by atoms with Gasteiger partial charge in [-0.25, -0.2) is 22.8 Å². The third-order valence-electron chi connectivity index (χ3n) is 8.65. The van der Waals surface area contributed by atoms with E-state index in [0.29, 0.717) is 52.5 Å². The van der Waals surface area contributed by atoms with Crippen molar-refractivity contribution in [3.8, 4) is 17.1 Å². The summed E-state index contributed by atoms with van der Waals surface area (Å²) in [7, 11) is -11.1. The second-order valence-electron chi connectivity index (χ2n) is 13.8. The molecule has 0 bridgehead atoms. The van der Waals surface area contributed by atoms with Crippen LogP contribution in [0.3, 0.4) is 0 Å². The highest BCUT2D eigenvalue weighted by Crippen LogP contribution is 2.33. The Balaban J connectivity index is 0.000000371. The Kier molecular flexibility index (Phi) is 19.1. The number of hydrogen-bond donors (Lipinski definition) is 4. The Morgan fingerprint density at radius 2 is 1.38 bits per heavy atom. The molecule has 0 aliphatic heterocycles. The molecule has 0 aliphatic carbocycles. The fourth-order valence-electron chi connectivity index (χ4n) is 5.45. The minimum atomic E-state index is -4.02. The number of furan rings is 1. The first-order valence-electron chi connectivity index (χ1n) is 18.5. The molecule has 7 rings (SSSR count). The predicted molar refractivity (Wildman–Crippen MR) is 243 cm³/mol. The molecule has 0 atom stereocenters. The van der Waals surface area contributed by atoms with E-state index in [2.05, 4.69) is 20.6 Å². The van der Waals surface area contributed by atoms with Gasteiger partial charge in [-0.05, 0) is 104 Å². The van der Waals surface area contributed by atoms with Crippen LogP contribution in [0.2, 0.25) is 5.02 Å². The van der Waals surface area contributed by atoms with Crippen molar-refractivity contribution in [1.82, 2.24) is 15.3 Å². The summed E-state index contributed by atoms with van der Waals surface area (Å²) in [6, 6.07) is 33.0. The molecule has 0 amide bonds. The number of aromatic nitrogens is 2. The maximum absolute atomic E-state index is 13.4. The van der Waals surface area contributed by atoms with Crippen LogP contribution in [0.25, 0.3) is 22.2 Å². The van der Waals surface area contributed by atoms with Crippen molar-refractivity contribution in [2.45, 2.75) is 36.8 Å². The first kappa shape index (κ1) is 52.5. The number of halogens is 2. The van der Waals surface area contributed by atoms with Crippen LogP contribution in [-0.4, -0.2) is 73.8 Å². The van der Waals surface area contributed by atoms with E-state index in [-0.39, 0.29) is 38.9 Å². The molecule has 0 radical (unpaired) electrons. The fourth-order valence-corrected chi connectivity index (χ4v) is 7.16. The molecule has 342 valence electrons. The van der Waals surface area contributed by atoms with E-state index < -0.39 is 30.1 Å². The Bertz CT molecular complexity index is 2900. The van der Waals surface area contributed by atoms with Crippen LogP contribution in [0, 0.1) is 19.7 Å². The van der Waals surface area contributed by atoms with Gasteiger partial charge >= 0.3 is 0 Å². The molecule has 64 heavy (non-hydrogen) atoms. The first-order chi connectivity index (χ1) is 29.2. The summed E-state index contributed by atoms with van der Waals surface area (Å²) in [6.07, 6.45) is 2.69. The van der Waals surface area contributed by atoms with E-state index in [1.54, 1.807) is 48.5 Å². The monoisotopic (exact) mass is 960 g/mol. The fraction of sp³-hybridized carbons (Fsp3) is 0.163. The van der Waals surface area contributed by atoms with Crippen LogP contribution < -0.4 is 15.4 Å². The first-order valence-corrected chi connectivity index (χ1v) is 23.8. The molecule has 5 aromatic carbocycles. The summed E-state index contributed by atoms with van der Waals surface area (Å²) in [5.41, 5.74) is 4.90. The SMILES string of the molecule is CS(=O)(=O)CCNCc1ccc(-c2ccc3ncnc(Nc4ccc(OCc5cccc(F)c5)c(Cl)c4)c3c2)o1.Cc1ccc(S(=O)(=O)O)cc1.Cc1ccc(S(=O)(=O)O)cc1.O.O. The lowest BCUT2D eigenvalue weighted by molar-refractivity contribution is 0.306. The number of benzene rings is 5. The smallest absolute Gasteiger partial charge is 0.294 e. The number of rotatable bonds is 13. The minimum absolute atomic E-state index is 0. The molecule has 0 spiro atoms.